The molecular weight excluding hydrogens is 259 g/mol. The first-order chi connectivity index (χ1) is 7.54. The minimum absolute atomic E-state index is 0.510. The van der Waals surface area contributed by atoms with Gasteiger partial charge in [0, 0.05) is 12.5 Å². The first kappa shape index (κ1) is 16.4. The molecule has 0 saturated heterocycles. The van der Waals surface area contributed by atoms with Crippen LogP contribution in [0.3, 0.4) is 0 Å². The Balaban J connectivity index is 3.75. The standard InChI is InChI=1S/C8H12F7NO/c9-6(10)7(11,12)4-17-3-5(16)1-2-8(13,14)15/h5-6H,1-4,16H2. The molecule has 0 saturated carbocycles. The van der Waals surface area contributed by atoms with Crippen molar-refractivity contribution >= 4 is 0 Å². The molecule has 104 valence electrons. The van der Waals surface area contributed by atoms with Crippen LogP contribution in [-0.2, 0) is 4.74 Å². The van der Waals surface area contributed by atoms with Gasteiger partial charge in [-0.05, 0) is 6.42 Å². The van der Waals surface area contributed by atoms with Crippen LogP contribution in [0.15, 0.2) is 0 Å². The molecule has 0 spiro atoms. The number of hydrogen-bond acceptors (Lipinski definition) is 2. The minimum Gasteiger partial charge on any atom is -0.373 e. The zero-order valence-corrected chi connectivity index (χ0v) is 8.61. The van der Waals surface area contributed by atoms with Crippen LogP contribution in [-0.4, -0.2) is 37.8 Å². The molecule has 17 heavy (non-hydrogen) atoms. The predicted molar refractivity (Wildman–Crippen MR) is 45.0 cm³/mol. The molecule has 0 rings (SSSR count). The third-order valence-electron chi connectivity index (χ3n) is 1.74. The Hall–Kier alpha value is -0.570. The topological polar surface area (TPSA) is 35.2 Å². The van der Waals surface area contributed by atoms with Crippen LogP contribution in [0.1, 0.15) is 12.8 Å². The SMILES string of the molecule is NC(CCC(F)(F)F)COCC(F)(F)C(F)F. The van der Waals surface area contributed by atoms with Gasteiger partial charge in [-0.3, -0.25) is 0 Å². The molecule has 0 aliphatic heterocycles. The highest BCUT2D eigenvalue weighted by molar-refractivity contribution is 4.69. The van der Waals surface area contributed by atoms with E-state index in [2.05, 4.69) is 4.74 Å². The van der Waals surface area contributed by atoms with E-state index >= 15 is 0 Å². The van der Waals surface area contributed by atoms with E-state index in [4.69, 9.17) is 5.73 Å². The smallest absolute Gasteiger partial charge is 0.373 e. The zero-order valence-electron chi connectivity index (χ0n) is 8.61. The highest BCUT2D eigenvalue weighted by Gasteiger charge is 2.41. The molecule has 0 radical (unpaired) electrons. The van der Waals surface area contributed by atoms with Gasteiger partial charge in [0.05, 0.1) is 6.61 Å². The largest absolute Gasteiger partial charge is 0.389 e. The van der Waals surface area contributed by atoms with Gasteiger partial charge in [-0.2, -0.15) is 22.0 Å². The van der Waals surface area contributed by atoms with Gasteiger partial charge in [0.1, 0.15) is 6.61 Å². The Morgan fingerprint density at radius 1 is 1.06 bits per heavy atom. The molecule has 0 aromatic rings. The highest BCUT2D eigenvalue weighted by Crippen LogP contribution is 2.24. The molecular formula is C8H12F7NO. The summed E-state index contributed by atoms with van der Waals surface area (Å²) >= 11 is 0. The van der Waals surface area contributed by atoms with Crippen LogP contribution in [0.5, 0.6) is 0 Å². The third-order valence-corrected chi connectivity index (χ3v) is 1.74. The minimum atomic E-state index is -4.40. The number of rotatable bonds is 7. The van der Waals surface area contributed by atoms with Gasteiger partial charge in [-0.15, -0.1) is 0 Å². The Morgan fingerprint density at radius 2 is 1.59 bits per heavy atom. The van der Waals surface area contributed by atoms with Crippen molar-refractivity contribution in [2.24, 2.45) is 5.73 Å². The van der Waals surface area contributed by atoms with Crippen molar-refractivity contribution in [2.75, 3.05) is 13.2 Å². The fourth-order valence-electron chi connectivity index (χ4n) is 0.842. The molecule has 0 heterocycles. The van der Waals surface area contributed by atoms with Crippen molar-refractivity contribution in [1.29, 1.82) is 0 Å². The molecule has 1 unspecified atom stereocenters. The summed E-state index contributed by atoms with van der Waals surface area (Å²) in [7, 11) is 0. The monoisotopic (exact) mass is 271 g/mol. The molecule has 0 amide bonds. The number of alkyl halides is 7. The molecule has 0 fully saturated rings. The normalized spacial score (nSPS) is 15.4. The maximum Gasteiger partial charge on any atom is 0.389 e. The molecule has 0 aliphatic rings. The predicted octanol–water partition coefficient (Wildman–Crippen LogP) is 2.57. The van der Waals surface area contributed by atoms with Crippen molar-refractivity contribution in [3.8, 4) is 0 Å². The molecule has 1 atom stereocenters. The van der Waals surface area contributed by atoms with E-state index in [1.165, 1.54) is 0 Å². The highest BCUT2D eigenvalue weighted by atomic mass is 19.4. The van der Waals surface area contributed by atoms with Crippen molar-refractivity contribution < 1.29 is 35.5 Å². The van der Waals surface area contributed by atoms with Gasteiger partial charge < -0.3 is 10.5 Å². The molecule has 0 aromatic heterocycles. The lowest BCUT2D eigenvalue weighted by molar-refractivity contribution is -0.167. The second kappa shape index (κ2) is 6.39. The van der Waals surface area contributed by atoms with Crippen molar-refractivity contribution in [2.45, 2.75) is 37.4 Å². The summed E-state index contributed by atoms with van der Waals surface area (Å²) in [6.07, 6.45) is -9.97. The van der Waals surface area contributed by atoms with E-state index in [0.29, 0.717) is 0 Å². The Morgan fingerprint density at radius 3 is 2.00 bits per heavy atom. The summed E-state index contributed by atoms with van der Waals surface area (Å²) in [6.45, 7) is -2.19. The summed E-state index contributed by atoms with van der Waals surface area (Å²) < 4.78 is 87.1. The van der Waals surface area contributed by atoms with E-state index in [1.807, 2.05) is 0 Å². The van der Waals surface area contributed by atoms with Gasteiger partial charge in [-0.25, -0.2) is 8.78 Å². The maximum atomic E-state index is 12.3. The van der Waals surface area contributed by atoms with Gasteiger partial charge in [0.25, 0.3) is 0 Å². The molecule has 9 heteroatoms. The van der Waals surface area contributed by atoms with E-state index in [1.54, 1.807) is 0 Å². The molecule has 0 bridgehead atoms. The van der Waals surface area contributed by atoms with E-state index in [-0.39, 0.29) is 0 Å². The third kappa shape index (κ3) is 8.19. The first-order valence-corrected chi connectivity index (χ1v) is 4.60. The lowest BCUT2D eigenvalue weighted by Crippen LogP contribution is -2.35. The quantitative estimate of drug-likeness (QED) is 0.722. The van der Waals surface area contributed by atoms with Crippen molar-refractivity contribution in [3.63, 3.8) is 0 Å². The first-order valence-electron chi connectivity index (χ1n) is 4.60. The maximum absolute atomic E-state index is 12.3. The van der Waals surface area contributed by atoms with Crippen molar-refractivity contribution in [3.05, 3.63) is 0 Å². The average Bonchev–Trinajstić information content (AvgIpc) is 2.13. The number of ether oxygens (including phenoxy) is 1. The van der Waals surface area contributed by atoms with Crippen LogP contribution >= 0.6 is 0 Å². The van der Waals surface area contributed by atoms with Crippen LogP contribution in [0.25, 0.3) is 0 Å². The van der Waals surface area contributed by atoms with E-state index < -0.39 is 50.6 Å². The second-order valence-electron chi connectivity index (χ2n) is 3.49. The summed E-state index contributed by atoms with van der Waals surface area (Å²) in [5, 5.41) is 0. The summed E-state index contributed by atoms with van der Waals surface area (Å²) in [5.74, 6) is -4.32. The molecule has 0 aromatic carbocycles. The summed E-state index contributed by atoms with van der Waals surface area (Å²) in [5.41, 5.74) is 5.13. The van der Waals surface area contributed by atoms with Crippen LogP contribution in [0, 0.1) is 0 Å². The fraction of sp³-hybridized carbons (Fsp3) is 1.00. The zero-order chi connectivity index (χ0) is 13.7. The summed E-state index contributed by atoms with van der Waals surface area (Å²) in [6, 6.07) is -1.12. The molecule has 2 nitrogen and oxygen atoms in total. The van der Waals surface area contributed by atoms with E-state index in [9.17, 15) is 30.7 Å². The van der Waals surface area contributed by atoms with Gasteiger partial charge in [0.2, 0.25) is 0 Å². The fourth-order valence-corrected chi connectivity index (χ4v) is 0.842. The van der Waals surface area contributed by atoms with Crippen LogP contribution in [0.2, 0.25) is 0 Å². The lowest BCUT2D eigenvalue weighted by atomic mass is 10.2. The van der Waals surface area contributed by atoms with Gasteiger partial charge in [0.15, 0.2) is 0 Å². The van der Waals surface area contributed by atoms with E-state index in [0.717, 1.165) is 0 Å². The molecule has 2 N–H and O–H groups in total. The average molecular weight is 271 g/mol. The van der Waals surface area contributed by atoms with Crippen molar-refractivity contribution in [1.82, 2.24) is 0 Å². The van der Waals surface area contributed by atoms with Gasteiger partial charge in [-0.1, -0.05) is 0 Å². The Kier molecular flexibility index (Phi) is 6.17. The van der Waals surface area contributed by atoms with Crippen LogP contribution in [0.4, 0.5) is 30.7 Å². The second-order valence-corrected chi connectivity index (χ2v) is 3.49. The van der Waals surface area contributed by atoms with Crippen LogP contribution < -0.4 is 5.73 Å². The number of halogens is 7. The number of nitrogens with two attached hydrogens (primary N) is 1. The summed E-state index contributed by atoms with van der Waals surface area (Å²) in [4.78, 5) is 0. The number of hydrogen-bond donors (Lipinski definition) is 1. The Labute approximate surface area is 92.9 Å². The van der Waals surface area contributed by atoms with Gasteiger partial charge >= 0.3 is 18.5 Å². The lowest BCUT2D eigenvalue weighted by Gasteiger charge is -2.17. The molecule has 0 aliphatic carbocycles. The Bertz CT molecular complexity index is 218.